The highest BCUT2D eigenvalue weighted by Crippen LogP contribution is 2.32. The number of rotatable bonds is 3. The molecule has 1 aromatic heterocycles. The molecule has 6 nitrogen and oxygen atoms in total. The summed E-state index contributed by atoms with van der Waals surface area (Å²) in [6.45, 7) is 0.499. The number of nitrogens with one attached hydrogen (secondary N) is 1. The Morgan fingerprint density at radius 1 is 1.11 bits per heavy atom. The van der Waals surface area contributed by atoms with Crippen LogP contribution in [0.3, 0.4) is 0 Å². The summed E-state index contributed by atoms with van der Waals surface area (Å²) in [6.07, 6.45) is 2.40. The fourth-order valence-corrected chi connectivity index (χ4v) is 3.27. The second kappa shape index (κ2) is 7.75. The van der Waals surface area contributed by atoms with Crippen LogP contribution in [0.5, 0.6) is 0 Å². The highest BCUT2D eigenvalue weighted by molar-refractivity contribution is 5.89. The maximum Gasteiger partial charge on any atom is 0.322 e. The normalized spacial score (nSPS) is 16.8. The number of hydrogen-bond donors (Lipinski definition) is 1. The number of urea groups is 1. The van der Waals surface area contributed by atoms with Crippen LogP contribution in [0.15, 0.2) is 53.1 Å². The van der Waals surface area contributed by atoms with Crippen molar-refractivity contribution in [2.45, 2.75) is 25.3 Å². The molecule has 1 N–H and O–H groups in total. The van der Waals surface area contributed by atoms with Crippen molar-refractivity contribution in [1.82, 2.24) is 15.0 Å². The predicted octanol–water partition coefficient (Wildman–Crippen LogP) is 4.77. The molecule has 0 bridgehead atoms. The van der Waals surface area contributed by atoms with Gasteiger partial charge >= 0.3 is 6.03 Å². The summed E-state index contributed by atoms with van der Waals surface area (Å²) in [5, 5.41) is 6.56. The minimum atomic E-state index is -0.499. The van der Waals surface area contributed by atoms with E-state index in [0.717, 1.165) is 12.8 Å². The lowest BCUT2D eigenvalue weighted by Gasteiger charge is -2.33. The molecule has 2 aromatic carbocycles. The summed E-state index contributed by atoms with van der Waals surface area (Å²) < 4.78 is 32.4. The number of anilines is 1. The number of halogens is 2. The molecule has 2 amide bonds. The summed E-state index contributed by atoms with van der Waals surface area (Å²) in [5.74, 6) is -0.214. The van der Waals surface area contributed by atoms with Crippen LogP contribution < -0.4 is 5.32 Å². The van der Waals surface area contributed by atoms with Gasteiger partial charge in [0.25, 0.3) is 0 Å². The van der Waals surface area contributed by atoms with Crippen LogP contribution in [0.2, 0.25) is 0 Å². The molecular weight excluding hydrogens is 366 g/mol. The molecular formula is C20H18F2N4O2. The van der Waals surface area contributed by atoms with Crippen LogP contribution in [-0.2, 0) is 0 Å². The van der Waals surface area contributed by atoms with Crippen LogP contribution in [0, 0.1) is 11.6 Å². The van der Waals surface area contributed by atoms with Crippen LogP contribution >= 0.6 is 0 Å². The predicted molar refractivity (Wildman–Crippen MR) is 98.4 cm³/mol. The van der Waals surface area contributed by atoms with E-state index < -0.39 is 17.9 Å². The van der Waals surface area contributed by atoms with Crippen molar-refractivity contribution >= 4 is 11.7 Å². The second-order valence-electron chi connectivity index (χ2n) is 6.58. The maximum absolute atomic E-state index is 13.9. The van der Waals surface area contributed by atoms with Gasteiger partial charge in [-0.15, -0.1) is 0 Å². The number of carbonyl (C=O) groups excluding carboxylic acids is 1. The number of likely N-dealkylation sites (tertiary alicyclic amines) is 1. The molecule has 1 saturated heterocycles. The van der Waals surface area contributed by atoms with Gasteiger partial charge in [0.1, 0.15) is 17.7 Å². The number of carbonyl (C=O) groups is 1. The molecule has 8 heteroatoms. The summed E-state index contributed by atoms with van der Waals surface area (Å²) in [4.78, 5) is 18.7. The standard InChI is InChI=1S/C20H18F2N4O2/c21-14-10-8-13(9-11-14)18-24-19(28-25-18)17-7-3-4-12-26(17)20(27)23-16-6-2-1-5-15(16)22/h1-2,5-6,8-11,17H,3-4,7,12H2,(H,23,27). The number of para-hydroxylation sites is 1. The smallest absolute Gasteiger partial charge is 0.322 e. The quantitative estimate of drug-likeness (QED) is 0.706. The average Bonchev–Trinajstić information content (AvgIpc) is 3.20. The molecule has 28 heavy (non-hydrogen) atoms. The van der Waals surface area contributed by atoms with Crippen molar-refractivity contribution in [3.05, 3.63) is 66.1 Å². The van der Waals surface area contributed by atoms with E-state index in [4.69, 9.17) is 4.52 Å². The Balaban J connectivity index is 1.55. The van der Waals surface area contributed by atoms with Crippen LogP contribution in [0.1, 0.15) is 31.2 Å². The molecule has 0 aliphatic carbocycles. The van der Waals surface area contributed by atoms with Gasteiger partial charge in [-0.05, 0) is 55.7 Å². The number of hydrogen-bond acceptors (Lipinski definition) is 4. The van der Waals surface area contributed by atoms with Gasteiger partial charge in [-0.1, -0.05) is 17.3 Å². The van der Waals surface area contributed by atoms with Gasteiger partial charge in [0.2, 0.25) is 11.7 Å². The first-order valence-corrected chi connectivity index (χ1v) is 9.03. The molecule has 144 valence electrons. The summed E-state index contributed by atoms with van der Waals surface area (Å²) >= 11 is 0. The van der Waals surface area contributed by atoms with Gasteiger partial charge in [-0.3, -0.25) is 0 Å². The molecule has 1 unspecified atom stereocenters. The zero-order chi connectivity index (χ0) is 19.5. The molecule has 0 radical (unpaired) electrons. The molecule has 2 heterocycles. The first-order chi connectivity index (χ1) is 13.6. The average molecular weight is 384 g/mol. The fraction of sp³-hybridized carbons (Fsp3) is 0.250. The first kappa shape index (κ1) is 18.1. The van der Waals surface area contributed by atoms with E-state index in [1.54, 1.807) is 29.2 Å². The Labute approximate surface area is 160 Å². The van der Waals surface area contributed by atoms with Crippen LogP contribution in [-0.4, -0.2) is 27.6 Å². The van der Waals surface area contributed by atoms with Gasteiger partial charge in [0.05, 0.1) is 5.69 Å². The Morgan fingerprint density at radius 3 is 2.68 bits per heavy atom. The minimum absolute atomic E-state index is 0.120. The highest BCUT2D eigenvalue weighted by atomic mass is 19.1. The molecule has 1 fully saturated rings. The molecule has 3 aromatic rings. The number of benzene rings is 2. The van der Waals surface area contributed by atoms with Crippen LogP contribution in [0.4, 0.5) is 19.3 Å². The first-order valence-electron chi connectivity index (χ1n) is 9.03. The third-order valence-corrected chi connectivity index (χ3v) is 4.71. The van der Waals surface area contributed by atoms with E-state index >= 15 is 0 Å². The third kappa shape index (κ3) is 3.71. The van der Waals surface area contributed by atoms with Gasteiger partial charge in [-0.25, -0.2) is 13.6 Å². The fourth-order valence-electron chi connectivity index (χ4n) is 3.27. The molecule has 0 saturated carbocycles. The number of nitrogens with zero attached hydrogens (tertiary/aromatic N) is 3. The zero-order valence-electron chi connectivity index (χ0n) is 14.9. The summed E-state index contributed by atoms with van der Waals surface area (Å²) in [5.41, 5.74) is 0.740. The Morgan fingerprint density at radius 2 is 1.89 bits per heavy atom. The largest absolute Gasteiger partial charge is 0.337 e. The lowest BCUT2D eigenvalue weighted by atomic mass is 10.0. The number of aromatic nitrogens is 2. The number of piperidine rings is 1. The van der Waals surface area contributed by atoms with Gasteiger partial charge in [0.15, 0.2) is 0 Å². The highest BCUT2D eigenvalue weighted by Gasteiger charge is 2.32. The number of amides is 2. The van der Waals surface area contributed by atoms with Crippen molar-refractivity contribution in [3.8, 4) is 11.4 Å². The second-order valence-corrected chi connectivity index (χ2v) is 6.58. The molecule has 0 spiro atoms. The van der Waals surface area contributed by atoms with Gasteiger partial charge < -0.3 is 14.7 Å². The van der Waals surface area contributed by atoms with Crippen LogP contribution in [0.25, 0.3) is 11.4 Å². The van der Waals surface area contributed by atoms with E-state index in [9.17, 15) is 13.6 Å². The monoisotopic (exact) mass is 384 g/mol. The van der Waals surface area contributed by atoms with Crippen molar-refractivity contribution in [2.24, 2.45) is 0 Å². The van der Waals surface area contributed by atoms with E-state index in [1.807, 2.05) is 0 Å². The molecule has 1 aliphatic rings. The van der Waals surface area contributed by atoms with E-state index in [0.29, 0.717) is 30.2 Å². The van der Waals surface area contributed by atoms with E-state index in [2.05, 4.69) is 15.5 Å². The lowest BCUT2D eigenvalue weighted by Crippen LogP contribution is -2.41. The third-order valence-electron chi connectivity index (χ3n) is 4.71. The summed E-state index contributed by atoms with van der Waals surface area (Å²) in [6, 6.07) is 10.9. The minimum Gasteiger partial charge on any atom is -0.337 e. The Hall–Kier alpha value is -3.29. The SMILES string of the molecule is O=C(Nc1ccccc1F)N1CCCCC1c1nc(-c2ccc(F)cc2)no1. The molecule has 1 atom stereocenters. The van der Waals surface area contributed by atoms with E-state index in [1.165, 1.54) is 24.3 Å². The topological polar surface area (TPSA) is 71.3 Å². The van der Waals surface area contributed by atoms with Crippen molar-refractivity contribution in [2.75, 3.05) is 11.9 Å². The summed E-state index contributed by atoms with van der Waals surface area (Å²) in [7, 11) is 0. The Kier molecular flexibility index (Phi) is 5.01. The van der Waals surface area contributed by atoms with E-state index in [-0.39, 0.29) is 11.5 Å². The van der Waals surface area contributed by atoms with Crippen molar-refractivity contribution < 1.29 is 18.1 Å². The van der Waals surface area contributed by atoms with Gasteiger partial charge in [0, 0.05) is 12.1 Å². The Bertz CT molecular complexity index is 974. The lowest BCUT2D eigenvalue weighted by molar-refractivity contribution is 0.142. The zero-order valence-corrected chi connectivity index (χ0v) is 14.9. The maximum atomic E-state index is 13.9. The molecule has 1 aliphatic heterocycles. The van der Waals surface area contributed by atoms with Crippen molar-refractivity contribution in [1.29, 1.82) is 0 Å². The van der Waals surface area contributed by atoms with Crippen molar-refractivity contribution in [3.63, 3.8) is 0 Å². The van der Waals surface area contributed by atoms with Gasteiger partial charge in [-0.2, -0.15) is 4.98 Å². The molecule has 4 rings (SSSR count).